The number of ether oxygens (including phenoxy) is 2. The van der Waals surface area contributed by atoms with Crippen LogP contribution in [0.25, 0.3) is 0 Å². The zero-order chi connectivity index (χ0) is 21.4. The molecule has 0 fully saturated rings. The third-order valence-electron chi connectivity index (χ3n) is 3.99. The summed E-state index contributed by atoms with van der Waals surface area (Å²) in [4.78, 5) is 12.3. The number of sulfonamides is 1. The number of benzene rings is 3. The van der Waals surface area contributed by atoms with E-state index < -0.39 is 10.0 Å². The van der Waals surface area contributed by atoms with Gasteiger partial charge in [0.15, 0.2) is 6.61 Å². The highest BCUT2D eigenvalue weighted by Gasteiger charge is 2.14. The number of rotatable bonds is 9. The third kappa shape index (κ3) is 5.74. The minimum absolute atomic E-state index is 0.0915. The number of amides is 1. The first-order chi connectivity index (χ1) is 14.5. The summed E-state index contributed by atoms with van der Waals surface area (Å²) < 4.78 is 38.3. The first-order valence-corrected chi connectivity index (χ1v) is 10.8. The second kappa shape index (κ2) is 9.80. The Kier molecular flexibility index (Phi) is 6.92. The molecule has 0 aromatic heterocycles. The zero-order valence-electron chi connectivity index (χ0n) is 16.4. The van der Waals surface area contributed by atoms with Gasteiger partial charge < -0.3 is 14.8 Å². The molecule has 156 valence electrons. The van der Waals surface area contributed by atoms with Gasteiger partial charge in [-0.3, -0.25) is 9.52 Å². The minimum atomic E-state index is -3.71. The molecule has 3 aromatic rings. The molecule has 0 heterocycles. The van der Waals surface area contributed by atoms with E-state index in [4.69, 9.17) is 9.47 Å². The van der Waals surface area contributed by atoms with Crippen LogP contribution in [0.5, 0.6) is 11.5 Å². The molecular weight excluding hydrogens is 404 g/mol. The summed E-state index contributed by atoms with van der Waals surface area (Å²) in [5.41, 5.74) is 1.03. The number of carbonyl (C=O) groups excluding carboxylic acids is 1. The average Bonchev–Trinajstić information content (AvgIpc) is 2.74. The molecule has 0 aliphatic carbocycles. The number of para-hydroxylation sites is 3. The van der Waals surface area contributed by atoms with Gasteiger partial charge in [0.2, 0.25) is 0 Å². The van der Waals surface area contributed by atoms with Gasteiger partial charge in [-0.1, -0.05) is 30.3 Å². The number of nitrogens with one attached hydrogen (secondary N) is 2. The molecule has 3 rings (SSSR count). The molecule has 30 heavy (non-hydrogen) atoms. The fraction of sp³-hybridized carbons (Fsp3) is 0.136. The molecule has 8 heteroatoms. The summed E-state index contributed by atoms with van der Waals surface area (Å²) >= 11 is 0. The van der Waals surface area contributed by atoms with Crippen molar-refractivity contribution in [3.8, 4) is 11.5 Å². The van der Waals surface area contributed by atoms with Gasteiger partial charge in [-0.15, -0.1) is 0 Å². The van der Waals surface area contributed by atoms with Gasteiger partial charge in [0, 0.05) is 5.69 Å². The van der Waals surface area contributed by atoms with E-state index in [9.17, 15) is 13.2 Å². The van der Waals surface area contributed by atoms with Crippen molar-refractivity contribution in [2.75, 3.05) is 23.3 Å². The van der Waals surface area contributed by atoms with Gasteiger partial charge in [-0.05, 0) is 55.5 Å². The van der Waals surface area contributed by atoms with E-state index in [2.05, 4.69) is 10.0 Å². The van der Waals surface area contributed by atoms with Crippen molar-refractivity contribution in [2.24, 2.45) is 0 Å². The van der Waals surface area contributed by atoms with E-state index in [-0.39, 0.29) is 17.4 Å². The third-order valence-corrected chi connectivity index (χ3v) is 5.39. The average molecular weight is 426 g/mol. The highest BCUT2D eigenvalue weighted by atomic mass is 32.2. The van der Waals surface area contributed by atoms with Crippen LogP contribution in [0.2, 0.25) is 0 Å². The fourth-order valence-corrected chi connectivity index (χ4v) is 3.68. The van der Waals surface area contributed by atoms with Crippen LogP contribution in [0.3, 0.4) is 0 Å². The van der Waals surface area contributed by atoms with E-state index in [0.29, 0.717) is 29.5 Å². The highest BCUT2D eigenvalue weighted by Crippen LogP contribution is 2.24. The number of carbonyl (C=O) groups is 1. The van der Waals surface area contributed by atoms with Crippen LogP contribution in [0, 0.1) is 0 Å². The second-order valence-corrected chi connectivity index (χ2v) is 7.89. The van der Waals surface area contributed by atoms with E-state index in [0.717, 1.165) is 0 Å². The smallest absolute Gasteiger partial charge is 0.262 e. The maximum Gasteiger partial charge on any atom is 0.262 e. The van der Waals surface area contributed by atoms with Crippen molar-refractivity contribution in [3.05, 3.63) is 78.9 Å². The van der Waals surface area contributed by atoms with Gasteiger partial charge >= 0.3 is 0 Å². The maximum absolute atomic E-state index is 12.4. The van der Waals surface area contributed by atoms with Crippen molar-refractivity contribution in [1.82, 2.24) is 0 Å². The molecule has 0 aliphatic heterocycles. The van der Waals surface area contributed by atoms with Crippen molar-refractivity contribution in [2.45, 2.75) is 11.8 Å². The Morgan fingerprint density at radius 1 is 0.867 bits per heavy atom. The SMILES string of the molecule is CCOc1ccccc1NC(=O)COc1ccc(S(=O)(=O)Nc2ccccc2)cc1. The Bertz CT molecular complexity index is 1080. The molecule has 0 radical (unpaired) electrons. The van der Waals surface area contributed by atoms with Crippen LogP contribution in [0.4, 0.5) is 11.4 Å². The minimum Gasteiger partial charge on any atom is -0.492 e. The van der Waals surface area contributed by atoms with Crippen molar-refractivity contribution >= 4 is 27.3 Å². The molecule has 0 bridgehead atoms. The predicted molar refractivity (Wildman–Crippen MR) is 115 cm³/mol. The number of hydrogen-bond donors (Lipinski definition) is 2. The normalized spacial score (nSPS) is 10.8. The Morgan fingerprint density at radius 3 is 2.23 bits per heavy atom. The summed E-state index contributed by atoms with van der Waals surface area (Å²) in [6, 6.07) is 21.6. The van der Waals surface area contributed by atoms with Crippen molar-refractivity contribution < 1.29 is 22.7 Å². The lowest BCUT2D eigenvalue weighted by Gasteiger charge is -2.12. The standard InChI is InChI=1S/C22H22N2O5S/c1-2-28-21-11-7-6-10-20(21)23-22(25)16-29-18-12-14-19(15-13-18)30(26,27)24-17-8-4-3-5-9-17/h3-15,24H,2,16H2,1H3,(H,23,25). The van der Waals surface area contributed by atoms with Gasteiger partial charge in [0.1, 0.15) is 11.5 Å². The molecule has 0 aliphatic rings. The lowest BCUT2D eigenvalue weighted by Crippen LogP contribution is -2.20. The largest absolute Gasteiger partial charge is 0.492 e. The van der Waals surface area contributed by atoms with Crippen LogP contribution in [-0.2, 0) is 14.8 Å². The summed E-state index contributed by atoms with van der Waals surface area (Å²) in [5.74, 6) is 0.598. The van der Waals surface area contributed by atoms with Crippen LogP contribution in [0.1, 0.15) is 6.92 Å². The lowest BCUT2D eigenvalue weighted by molar-refractivity contribution is -0.118. The summed E-state index contributed by atoms with van der Waals surface area (Å²) in [5, 5.41) is 2.73. The molecule has 7 nitrogen and oxygen atoms in total. The van der Waals surface area contributed by atoms with Gasteiger partial charge in [-0.25, -0.2) is 8.42 Å². The summed E-state index contributed by atoms with van der Waals surface area (Å²) in [7, 11) is -3.71. The quantitative estimate of drug-likeness (QED) is 0.541. The Labute approximate surface area is 175 Å². The van der Waals surface area contributed by atoms with E-state index in [1.54, 1.807) is 48.5 Å². The molecule has 2 N–H and O–H groups in total. The Balaban J connectivity index is 1.57. The van der Waals surface area contributed by atoms with E-state index >= 15 is 0 Å². The summed E-state index contributed by atoms with van der Waals surface area (Å²) in [6.45, 7) is 2.12. The van der Waals surface area contributed by atoms with E-state index in [1.165, 1.54) is 24.3 Å². The first kappa shape index (κ1) is 21.2. The zero-order valence-corrected chi connectivity index (χ0v) is 17.2. The van der Waals surface area contributed by atoms with Gasteiger partial charge in [0.05, 0.1) is 17.2 Å². The molecule has 1 amide bonds. The molecule has 0 saturated carbocycles. The molecule has 0 spiro atoms. The van der Waals surface area contributed by atoms with Crippen molar-refractivity contribution in [3.63, 3.8) is 0 Å². The van der Waals surface area contributed by atoms with Crippen molar-refractivity contribution in [1.29, 1.82) is 0 Å². The Morgan fingerprint density at radius 2 is 1.53 bits per heavy atom. The van der Waals surface area contributed by atoms with Crippen LogP contribution in [0.15, 0.2) is 83.8 Å². The van der Waals surface area contributed by atoms with Gasteiger partial charge in [-0.2, -0.15) is 0 Å². The second-order valence-electron chi connectivity index (χ2n) is 6.21. The highest BCUT2D eigenvalue weighted by molar-refractivity contribution is 7.92. The van der Waals surface area contributed by atoms with E-state index in [1.807, 2.05) is 13.0 Å². The summed E-state index contributed by atoms with van der Waals surface area (Å²) in [6.07, 6.45) is 0. The number of anilines is 2. The maximum atomic E-state index is 12.4. The monoisotopic (exact) mass is 426 g/mol. The fourth-order valence-electron chi connectivity index (χ4n) is 2.62. The molecule has 0 unspecified atom stereocenters. The molecular formula is C22H22N2O5S. The predicted octanol–water partition coefficient (Wildman–Crippen LogP) is 3.90. The Hall–Kier alpha value is -3.52. The lowest BCUT2D eigenvalue weighted by atomic mass is 10.3. The molecule has 3 aromatic carbocycles. The van der Waals surface area contributed by atoms with Gasteiger partial charge in [0.25, 0.3) is 15.9 Å². The van der Waals surface area contributed by atoms with Crippen LogP contribution >= 0.6 is 0 Å². The van der Waals surface area contributed by atoms with Crippen LogP contribution < -0.4 is 19.5 Å². The molecule has 0 atom stereocenters. The molecule has 0 saturated heterocycles. The topological polar surface area (TPSA) is 93.7 Å². The van der Waals surface area contributed by atoms with Crippen LogP contribution in [-0.4, -0.2) is 27.5 Å². The first-order valence-electron chi connectivity index (χ1n) is 9.30. The number of hydrogen-bond acceptors (Lipinski definition) is 5.